The summed E-state index contributed by atoms with van der Waals surface area (Å²) in [5.74, 6) is 1.29. The van der Waals surface area contributed by atoms with Gasteiger partial charge in [0, 0.05) is 5.56 Å². The molecule has 0 amide bonds. The van der Waals surface area contributed by atoms with E-state index in [0.29, 0.717) is 28.4 Å². The summed E-state index contributed by atoms with van der Waals surface area (Å²) in [5, 5.41) is 0. The summed E-state index contributed by atoms with van der Waals surface area (Å²) in [5.41, 5.74) is 2.91. The van der Waals surface area contributed by atoms with Gasteiger partial charge < -0.3 is 18.9 Å². The van der Waals surface area contributed by atoms with Crippen molar-refractivity contribution < 1.29 is 23.7 Å². The smallest absolute Gasteiger partial charge is 0.343 e. The number of hydrogen-bond donors (Lipinski definition) is 0. The van der Waals surface area contributed by atoms with Crippen LogP contribution >= 0.6 is 0 Å². The van der Waals surface area contributed by atoms with Gasteiger partial charge in [0.2, 0.25) is 0 Å². The van der Waals surface area contributed by atoms with Gasteiger partial charge >= 0.3 is 5.97 Å². The van der Waals surface area contributed by atoms with Crippen LogP contribution in [0.5, 0.6) is 17.2 Å². The Bertz CT molecular complexity index is 766. The fourth-order valence-electron chi connectivity index (χ4n) is 2.88. The summed E-state index contributed by atoms with van der Waals surface area (Å²) < 4.78 is 21.8. The first kappa shape index (κ1) is 15.2. The van der Waals surface area contributed by atoms with Crippen LogP contribution in [-0.4, -0.2) is 27.3 Å². The van der Waals surface area contributed by atoms with Crippen molar-refractivity contribution in [1.29, 1.82) is 0 Å². The SMILES string of the molecule is COc1cc(C)ccc1C1OC(=O)c2c(OC)ccc(OC)c21. The molecule has 0 fully saturated rings. The Morgan fingerprint density at radius 2 is 1.57 bits per heavy atom. The lowest BCUT2D eigenvalue weighted by Gasteiger charge is -2.17. The molecular formula is C18H18O5. The maximum Gasteiger partial charge on any atom is 0.343 e. The Labute approximate surface area is 134 Å². The summed E-state index contributed by atoms with van der Waals surface area (Å²) in [6.45, 7) is 1.98. The van der Waals surface area contributed by atoms with Crippen LogP contribution in [0.1, 0.15) is 33.2 Å². The minimum atomic E-state index is -0.585. The van der Waals surface area contributed by atoms with E-state index in [4.69, 9.17) is 18.9 Å². The molecule has 0 saturated carbocycles. The Morgan fingerprint density at radius 1 is 0.913 bits per heavy atom. The molecule has 5 nitrogen and oxygen atoms in total. The minimum Gasteiger partial charge on any atom is -0.496 e. The van der Waals surface area contributed by atoms with Gasteiger partial charge in [-0.25, -0.2) is 4.79 Å². The van der Waals surface area contributed by atoms with Gasteiger partial charge in [-0.15, -0.1) is 0 Å². The summed E-state index contributed by atoms with van der Waals surface area (Å²) in [7, 11) is 4.68. The third kappa shape index (κ3) is 2.38. The van der Waals surface area contributed by atoms with Crippen LogP contribution < -0.4 is 14.2 Å². The molecule has 0 spiro atoms. The number of rotatable bonds is 4. The molecule has 1 unspecified atom stereocenters. The van der Waals surface area contributed by atoms with Gasteiger partial charge in [0.1, 0.15) is 22.8 Å². The van der Waals surface area contributed by atoms with Crippen molar-refractivity contribution in [2.75, 3.05) is 21.3 Å². The average molecular weight is 314 g/mol. The lowest BCUT2D eigenvalue weighted by molar-refractivity contribution is 0.0449. The molecule has 2 aromatic rings. The van der Waals surface area contributed by atoms with Gasteiger partial charge in [0.25, 0.3) is 0 Å². The topological polar surface area (TPSA) is 54.0 Å². The van der Waals surface area contributed by atoms with Crippen LogP contribution in [0.3, 0.4) is 0 Å². The van der Waals surface area contributed by atoms with Gasteiger partial charge in [0.15, 0.2) is 6.10 Å². The first-order chi connectivity index (χ1) is 11.1. The second-order valence-corrected chi connectivity index (χ2v) is 5.29. The third-order valence-corrected chi connectivity index (χ3v) is 3.97. The molecule has 0 radical (unpaired) electrons. The van der Waals surface area contributed by atoms with Crippen molar-refractivity contribution in [2.45, 2.75) is 13.0 Å². The lowest BCUT2D eigenvalue weighted by Crippen LogP contribution is -2.04. The monoisotopic (exact) mass is 314 g/mol. The highest BCUT2D eigenvalue weighted by Gasteiger charge is 2.39. The van der Waals surface area contributed by atoms with E-state index in [-0.39, 0.29) is 0 Å². The summed E-state index contributed by atoms with van der Waals surface area (Å²) in [4.78, 5) is 12.4. The predicted molar refractivity (Wildman–Crippen MR) is 84.5 cm³/mol. The Morgan fingerprint density at radius 3 is 2.22 bits per heavy atom. The Hall–Kier alpha value is -2.69. The van der Waals surface area contributed by atoms with Crippen LogP contribution in [0.2, 0.25) is 0 Å². The summed E-state index contributed by atoms with van der Waals surface area (Å²) >= 11 is 0. The number of ether oxygens (including phenoxy) is 4. The van der Waals surface area contributed by atoms with Gasteiger partial charge in [-0.3, -0.25) is 0 Å². The standard InChI is InChI=1S/C18H18O5/c1-10-5-6-11(14(9-10)22-4)17-15-12(20-2)7-8-13(21-3)16(15)18(19)23-17/h5-9,17H,1-4H3. The molecule has 1 aliphatic heterocycles. The second-order valence-electron chi connectivity index (χ2n) is 5.29. The van der Waals surface area contributed by atoms with E-state index in [1.54, 1.807) is 26.4 Å². The van der Waals surface area contributed by atoms with E-state index >= 15 is 0 Å². The zero-order valence-corrected chi connectivity index (χ0v) is 13.5. The zero-order chi connectivity index (χ0) is 16.6. The first-order valence-corrected chi connectivity index (χ1v) is 7.21. The van der Waals surface area contributed by atoms with Gasteiger partial charge in [-0.2, -0.15) is 0 Å². The quantitative estimate of drug-likeness (QED) is 0.811. The minimum absolute atomic E-state index is 0.402. The number of methoxy groups -OCH3 is 3. The highest BCUT2D eigenvalue weighted by atomic mass is 16.6. The van der Waals surface area contributed by atoms with Crippen LogP contribution in [0.4, 0.5) is 0 Å². The second kappa shape index (κ2) is 5.83. The van der Waals surface area contributed by atoms with Crippen LogP contribution in [-0.2, 0) is 4.74 Å². The molecule has 0 N–H and O–H groups in total. The van der Waals surface area contributed by atoms with Crippen LogP contribution in [0.15, 0.2) is 30.3 Å². The van der Waals surface area contributed by atoms with Crippen molar-refractivity contribution in [2.24, 2.45) is 0 Å². The predicted octanol–water partition coefficient (Wildman–Crippen LogP) is 3.28. The number of fused-ring (bicyclic) bond motifs is 1. The Balaban J connectivity index is 2.22. The molecule has 120 valence electrons. The number of hydrogen-bond acceptors (Lipinski definition) is 5. The highest BCUT2D eigenvalue weighted by molar-refractivity contribution is 5.98. The van der Waals surface area contributed by atoms with Crippen molar-refractivity contribution >= 4 is 5.97 Å². The van der Waals surface area contributed by atoms with Crippen molar-refractivity contribution in [3.63, 3.8) is 0 Å². The van der Waals surface area contributed by atoms with E-state index in [1.807, 2.05) is 25.1 Å². The molecule has 2 aromatic carbocycles. The molecule has 1 aliphatic rings. The van der Waals surface area contributed by atoms with Crippen LogP contribution in [0.25, 0.3) is 0 Å². The molecule has 3 rings (SSSR count). The summed E-state index contributed by atoms with van der Waals surface area (Å²) in [6.07, 6.45) is -0.585. The number of aryl methyl sites for hydroxylation is 1. The molecular weight excluding hydrogens is 296 g/mol. The fourth-order valence-corrected chi connectivity index (χ4v) is 2.88. The largest absolute Gasteiger partial charge is 0.496 e. The average Bonchev–Trinajstić information content (AvgIpc) is 2.91. The van der Waals surface area contributed by atoms with Crippen molar-refractivity contribution in [3.05, 3.63) is 52.6 Å². The molecule has 0 aromatic heterocycles. The van der Waals surface area contributed by atoms with Crippen LogP contribution in [0, 0.1) is 6.92 Å². The highest BCUT2D eigenvalue weighted by Crippen LogP contribution is 2.47. The number of carbonyl (C=O) groups excluding carboxylic acids is 1. The maximum absolute atomic E-state index is 12.4. The van der Waals surface area contributed by atoms with Gasteiger partial charge in [-0.05, 0) is 30.7 Å². The first-order valence-electron chi connectivity index (χ1n) is 7.21. The van der Waals surface area contributed by atoms with Crippen molar-refractivity contribution in [3.8, 4) is 17.2 Å². The fraction of sp³-hybridized carbons (Fsp3) is 0.278. The number of cyclic esters (lactones) is 1. The third-order valence-electron chi connectivity index (χ3n) is 3.97. The van der Waals surface area contributed by atoms with Gasteiger partial charge in [0.05, 0.1) is 26.9 Å². The van der Waals surface area contributed by atoms with E-state index in [2.05, 4.69) is 0 Å². The van der Waals surface area contributed by atoms with E-state index in [0.717, 1.165) is 11.1 Å². The number of carbonyl (C=O) groups is 1. The Kier molecular flexibility index (Phi) is 3.86. The van der Waals surface area contributed by atoms with Crippen molar-refractivity contribution in [1.82, 2.24) is 0 Å². The lowest BCUT2D eigenvalue weighted by atomic mass is 9.96. The number of benzene rings is 2. The molecule has 1 heterocycles. The molecule has 0 saturated heterocycles. The number of esters is 1. The zero-order valence-electron chi connectivity index (χ0n) is 13.5. The van der Waals surface area contributed by atoms with E-state index < -0.39 is 12.1 Å². The molecule has 5 heteroatoms. The van der Waals surface area contributed by atoms with Gasteiger partial charge in [-0.1, -0.05) is 12.1 Å². The summed E-state index contributed by atoms with van der Waals surface area (Å²) in [6, 6.07) is 9.24. The van der Waals surface area contributed by atoms with E-state index in [1.165, 1.54) is 7.11 Å². The molecule has 23 heavy (non-hydrogen) atoms. The maximum atomic E-state index is 12.4. The van der Waals surface area contributed by atoms with E-state index in [9.17, 15) is 4.79 Å². The molecule has 1 atom stereocenters. The normalized spacial score (nSPS) is 15.8. The molecule has 0 bridgehead atoms. The molecule has 0 aliphatic carbocycles.